The van der Waals surface area contributed by atoms with Crippen molar-refractivity contribution in [3.8, 4) is 11.8 Å². The predicted octanol–water partition coefficient (Wildman–Crippen LogP) is 0.994. The van der Waals surface area contributed by atoms with Crippen molar-refractivity contribution in [3.63, 3.8) is 0 Å². The van der Waals surface area contributed by atoms with Gasteiger partial charge in [-0.05, 0) is 41.5 Å². The third-order valence-electron chi connectivity index (χ3n) is 2.81. The van der Waals surface area contributed by atoms with Gasteiger partial charge in [-0.1, -0.05) is 0 Å². The molecule has 84 valence electrons. The van der Waals surface area contributed by atoms with Crippen LogP contribution in [0, 0.1) is 11.3 Å². The number of nitriles is 1. The monoisotopic (exact) mass is 226 g/mol. The second kappa shape index (κ2) is 3.56. The molecule has 1 aliphatic carbocycles. The summed E-state index contributed by atoms with van der Waals surface area (Å²) in [6.45, 7) is 0. The molecule has 0 saturated heterocycles. The van der Waals surface area contributed by atoms with E-state index in [-0.39, 0.29) is 0 Å². The van der Waals surface area contributed by atoms with Gasteiger partial charge >= 0.3 is 0 Å². The lowest BCUT2D eigenvalue weighted by molar-refractivity contribution is 0.762. The van der Waals surface area contributed by atoms with Crippen LogP contribution in [0.3, 0.4) is 0 Å². The van der Waals surface area contributed by atoms with Crippen LogP contribution in [-0.2, 0) is 0 Å². The molecule has 17 heavy (non-hydrogen) atoms. The van der Waals surface area contributed by atoms with Gasteiger partial charge in [-0.15, -0.1) is 5.10 Å². The van der Waals surface area contributed by atoms with Gasteiger partial charge in [-0.25, -0.2) is 0 Å². The molecule has 0 unspecified atom stereocenters. The van der Waals surface area contributed by atoms with E-state index in [0.717, 1.165) is 18.7 Å². The van der Waals surface area contributed by atoms with Gasteiger partial charge in [-0.2, -0.15) is 9.94 Å². The number of anilines is 1. The zero-order valence-electron chi connectivity index (χ0n) is 9.04. The van der Waals surface area contributed by atoms with Crippen LogP contribution in [0.15, 0.2) is 18.2 Å². The SMILES string of the molecule is N#Cc1cc(N)ccc1-n1nnnc1C1CC1. The van der Waals surface area contributed by atoms with E-state index < -0.39 is 0 Å². The molecule has 0 radical (unpaired) electrons. The molecular formula is C11H10N6. The molecule has 2 aromatic rings. The maximum absolute atomic E-state index is 9.10. The average molecular weight is 226 g/mol. The molecule has 1 fully saturated rings. The minimum absolute atomic E-state index is 0.425. The van der Waals surface area contributed by atoms with Crippen LogP contribution in [-0.4, -0.2) is 20.2 Å². The van der Waals surface area contributed by atoms with E-state index in [0.29, 0.717) is 22.9 Å². The third kappa shape index (κ3) is 1.61. The van der Waals surface area contributed by atoms with Crippen molar-refractivity contribution < 1.29 is 0 Å². The van der Waals surface area contributed by atoms with E-state index in [9.17, 15) is 0 Å². The number of benzene rings is 1. The summed E-state index contributed by atoms with van der Waals surface area (Å²) in [4.78, 5) is 0. The zero-order chi connectivity index (χ0) is 11.8. The van der Waals surface area contributed by atoms with Crippen molar-refractivity contribution in [2.45, 2.75) is 18.8 Å². The van der Waals surface area contributed by atoms with Gasteiger partial charge in [0.1, 0.15) is 6.07 Å². The standard InChI is InChI=1S/C11H10N6/c12-6-8-5-9(13)3-4-10(8)17-11(7-1-2-7)14-15-16-17/h3-5,7H,1-2,13H2. The summed E-state index contributed by atoms with van der Waals surface area (Å²) in [5.41, 5.74) is 7.39. The van der Waals surface area contributed by atoms with Gasteiger partial charge in [0.25, 0.3) is 0 Å². The van der Waals surface area contributed by atoms with Crippen LogP contribution in [0.4, 0.5) is 5.69 Å². The number of nitrogen functional groups attached to an aromatic ring is 1. The maximum Gasteiger partial charge on any atom is 0.159 e. The Hall–Kier alpha value is -2.42. The normalized spacial score (nSPS) is 14.5. The largest absolute Gasteiger partial charge is 0.399 e. The number of nitrogens with zero attached hydrogens (tertiary/aromatic N) is 5. The Morgan fingerprint density at radius 2 is 2.24 bits per heavy atom. The highest BCUT2D eigenvalue weighted by molar-refractivity contribution is 5.56. The van der Waals surface area contributed by atoms with Gasteiger partial charge in [0.15, 0.2) is 5.82 Å². The smallest absolute Gasteiger partial charge is 0.159 e. The highest BCUT2D eigenvalue weighted by Gasteiger charge is 2.30. The number of nitrogens with two attached hydrogens (primary N) is 1. The first-order valence-electron chi connectivity index (χ1n) is 5.38. The van der Waals surface area contributed by atoms with Gasteiger partial charge < -0.3 is 5.73 Å². The maximum atomic E-state index is 9.10. The summed E-state index contributed by atoms with van der Waals surface area (Å²) < 4.78 is 1.63. The van der Waals surface area contributed by atoms with Gasteiger partial charge in [0, 0.05) is 11.6 Å². The van der Waals surface area contributed by atoms with Crippen LogP contribution in [0.1, 0.15) is 30.1 Å². The predicted molar refractivity (Wildman–Crippen MR) is 60.3 cm³/mol. The summed E-state index contributed by atoms with van der Waals surface area (Å²) in [6.07, 6.45) is 2.22. The van der Waals surface area contributed by atoms with Crippen LogP contribution < -0.4 is 5.73 Å². The Morgan fingerprint density at radius 3 is 2.94 bits per heavy atom. The molecular weight excluding hydrogens is 216 g/mol. The van der Waals surface area contributed by atoms with E-state index in [2.05, 4.69) is 21.6 Å². The number of hydrogen-bond acceptors (Lipinski definition) is 5. The fourth-order valence-electron chi connectivity index (χ4n) is 1.79. The minimum atomic E-state index is 0.425. The van der Waals surface area contributed by atoms with Crippen molar-refractivity contribution in [1.82, 2.24) is 20.2 Å². The first kappa shape index (κ1) is 9.78. The molecule has 0 aliphatic heterocycles. The third-order valence-corrected chi connectivity index (χ3v) is 2.81. The molecule has 0 atom stereocenters. The first-order chi connectivity index (χ1) is 8.29. The lowest BCUT2D eigenvalue weighted by Gasteiger charge is -2.06. The molecule has 1 aliphatic rings. The van der Waals surface area contributed by atoms with E-state index in [1.165, 1.54) is 0 Å². The first-order valence-corrected chi connectivity index (χ1v) is 5.38. The molecule has 1 aromatic heterocycles. The molecule has 0 spiro atoms. The molecule has 0 bridgehead atoms. The van der Waals surface area contributed by atoms with E-state index >= 15 is 0 Å². The lowest BCUT2D eigenvalue weighted by atomic mass is 10.1. The van der Waals surface area contributed by atoms with Gasteiger partial charge in [0.05, 0.1) is 11.3 Å². The second-order valence-corrected chi connectivity index (χ2v) is 4.11. The number of aromatic nitrogens is 4. The molecule has 0 amide bonds. The second-order valence-electron chi connectivity index (χ2n) is 4.11. The average Bonchev–Trinajstić information content (AvgIpc) is 3.07. The Labute approximate surface area is 97.7 Å². The van der Waals surface area contributed by atoms with Crippen LogP contribution in [0.5, 0.6) is 0 Å². The summed E-state index contributed by atoms with van der Waals surface area (Å²) in [6, 6.07) is 7.27. The fraction of sp³-hybridized carbons (Fsp3) is 0.273. The topological polar surface area (TPSA) is 93.4 Å². The highest BCUT2D eigenvalue weighted by Crippen LogP contribution is 2.39. The minimum Gasteiger partial charge on any atom is -0.399 e. The Morgan fingerprint density at radius 1 is 1.41 bits per heavy atom. The lowest BCUT2D eigenvalue weighted by Crippen LogP contribution is -2.05. The Balaban J connectivity index is 2.15. The summed E-state index contributed by atoms with van der Waals surface area (Å²) in [7, 11) is 0. The molecule has 6 nitrogen and oxygen atoms in total. The molecule has 2 N–H and O–H groups in total. The van der Waals surface area contributed by atoms with Gasteiger partial charge in [0.2, 0.25) is 0 Å². The Bertz CT molecular complexity index is 605. The van der Waals surface area contributed by atoms with Crippen molar-refractivity contribution in [3.05, 3.63) is 29.6 Å². The molecule has 6 heteroatoms. The van der Waals surface area contributed by atoms with Crippen LogP contribution >= 0.6 is 0 Å². The summed E-state index contributed by atoms with van der Waals surface area (Å²) in [5.74, 6) is 1.25. The van der Waals surface area contributed by atoms with Crippen molar-refractivity contribution in [2.24, 2.45) is 0 Å². The van der Waals surface area contributed by atoms with E-state index in [1.807, 2.05) is 0 Å². The zero-order valence-corrected chi connectivity index (χ0v) is 9.04. The quantitative estimate of drug-likeness (QED) is 0.771. The Kier molecular flexibility index (Phi) is 2.05. The molecule has 1 heterocycles. The van der Waals surface area contributed by atoms with Crippen LogP contribution in [0.2, 0.25) is 0 Å². The van der Waals surface area contributed by atoms with Crippen LogP contribution in [0.25, 0.3) is 5.69 Å². The fourth-order valence-corrected chi connectivity index (χ4v) is 1.79. The molecule has 1 aromatic carbocycles. The highest BCUT2D eigenvalue weighted by atomic mass is 15.5. The summed E-state index contributed by atoms with van der Waals surface area (Å²) in [5, 5.41) is 20.7. The molecule has 3 rings (SSSR count). The van der Waals surface area contributed by atoms with E-state index in [4.69, 9.17) is 11.0 Å². The number of rotatable bonds is 2. The number of hydrogen-bond donors (Lipinski definition) is 1. The van der Waals surface area contributed by atoms with Crippen molar-refractivity contribution in [2.75, 3.05) is 5.73 Å². The molecule has 1 saturated carbocycles. The van der Waals surface area contributed by atoms with Gasteiger partial charge in [-0.3, -0.25) is 0 Å². The van der Waals surface area contributed by atoms with E-state index in [1.54, 1.807) is 22.9 Å². The van der Waals surface area contributed by atoms with Crippen molar-refractivity contribution in [1.29, 1.82) is 5.26 Å². The number of tetrazole rings is 1. The summed E-state index contributed by atoms with van der Waals surface area (Å²) >= 11 is 0. The van der Waals surface area contributed by atoms with Crippen molar-refractivity contribution >= 4 is 5.69 Å².